The van der Waals surface area contributed by atoms with Crippen LogP contribution in [0.2, 0.25) is 0 Å². The molecular formula is C20H34N2O4S2. The van der Waals surface area contributed by atoms with Crippen LogP contribution in [0.5, 0.6) is 0 Å². The van der Waals surface area contributed by atoms with Gasteiger partial charge in [0.05, 0.1) is 11.5 Å². The number of rotatable bonds is 0. The summed E-state index contributed by atoms with van der Waals surface area (Å²) in [5.74, 6) is 2.20. The van der Waals surface area contributed by atoms with Gasteiger partial charge in [0, 0.05) is 22.9 Å². The summed E-state index contributed by atoms with van der Waals surface area (Å²) in [6, 6.07) is 0.475. The zero-order valence-corrected chi connectivity index (χ0v) is 19.0. The lowest BCUT2D eigenvalue weighted by molar-refractivity contribution is 0.146. The molecule has 6 nitrogen and oxygen atoms in total. The van der Waals surface area contributed by atoms with Crippen molar-refractivity contribution < 1.29 is 16.8 Å². The third-order valence-electron chi connectivity index (χ3n) is 10.4. The summed E-state index contributed by atoms with van der Waals surface area (Å²) in [7, 11) is -5.94. The van der Waals surface area contributed by atoms with Gasteiger partial charge in [-0.15, -0.1) is 0 Å². The molecule has 2 aliphatic heterocycles. The molecule has 4 saturated carbocycles. The molecule has 0 radical (unpaired) electrons. The number of hydrogen-bond acceptors (Lipinski definition) is 4. The maximum Gasteiger partial charge on any atom is 0.212 e. The summed E-state index contributed by atoms with van der Waals surface area (Å²) in [5.41, 5.74) is 0.537. The van der Waals surface area contributed by atoms with E-state index >= 15 is 0 Å². The van der Waals surface area contributed by atoms with Crippen molar-refractivity contribution in [2.75, 3.05) is 11.5 Å². The van der Waals surface area contributed by atoms with Gasteiger partial charge in [-0.2, -0.15) is 0 Å². The van der Waals surface area contributed by atoms with Gasteiger partial charge in [0.1, 0.15) is 0 Å². The highest BCUT2D eigenvalue weighted by Crippen LogP contribution is 2.68. The van der Waals surface area contributed by atoms with E-state index < -0.39 is 20.0 Å². The Bertz CT molecular complexity index is 850. The third kappa shape index (κ3) is 2.26. The van der Waals surface area contributed by atoms with Crippen LogP contribution in [0, 0.1) is 33.5 Å². The lowest BCUT2D eigenvalue weighted by Gasteiger charge is -2.36. The van der Waals surface area contributed by atoms with Crippen molar-refractivity contribution in [3.63, 3.8) is 0 Å². The molecule has 8 heteroatoms. The van der Waals surface area contributed by atoms with Crippen LogP contribution in [0.3, 0.4) is 0 Å². The Morgan fingerprint density at radius 2 is 1.04 bits per heavy atom. The minimum atomic E-state index is -2.97. The number of sulfonamides is 2. The molecule has 0 aromatic heterocycles. The molecule has 0 aromatic carbocycles. The summed E-state index contributed by atoms with van der Waals surface area (Å²) >= 11 is 0. The molecule has 2 saturated heterocycles. The molecular weight excluding hydrogens is 396 g/mol. The van der Waals surface area contributed by atoms with Crippen molar-refractivity contribution >= 4 is 20.0 Å². The van der Waals surface area contributed by atoms with Gasteiger partial charge in [-0.1, -0.05) is 27.7 Å². The molecule has 2 spiro atoms. The molecule has 0 aromatic rings. The van der Waals surface area contributed by atoms with Gasteiger partial charge in [-0.25, -0.2) is 26.3 Å². The fourth-order valence-electron chi connectivity index (χ4n) is 8.37. The van der Waals surface area contributed by atoms with Crippen molar-refractivity contribution in [2.24, 2.45) is 33.5 Å². The third-order valence-corrected chi connectivity index (χ3v) is 13.5. The van der Waals surface area contributed by atoms with E-state index in [9.17, 15) is 16.8 Å². The summed E-state index contributed by atoms with van der Waals surface area (Å²) in [4.78, 5) is 0. The van der Waals surface area contributed by atoms with Crippen LogP contribution < -0.4 is 9.44 Å². The SMILES string of the molecule is CC1(C)[C@@H]2CC[C@]13CS(=O)(=O)N[C@@H]3C2.CC1(C)[C@H]2CC[C@@]13CS(=O)(=O)N[C@H]3C2. The maximum atomic E-state index is 11.6. The van der Waals surface area contributed by atoms with Gasteiger partial charge in [0.15, 0.2) is 0 Å². The van der Waals surface area contributed by atoms with Crippen LogP contribution in [0.1, 0.15) is 66.2 Å². The molecule has 6 aliphatic rings. The lowest BCUT2D eigenvalue weighted by Crippen LogP contribution is -2.39. The van der Waals surface area contributed by atoms with Crippen LogP contribution in [0.4, 0.5) is 0 Å². The molecule has 6 fully saturated rings. The Kier molecular flexibility index (Phi) is 3.78. The maximum absolute atomic E-state index is 11.6. The van der Waals surface area contributed by atoms with E-state index in [0.717, 1.165) is 37.5 Å². The predicted molar refractivity (Wildman–Crippen MR) is 109 cm³/mol. The first kappa shape index (κ1) is 19.8. The highest BCUT2D eigenvalue weighted by molar-refractivity contribution is 7.90. The molecule has 0 amide bonds. The minimum Gasteiger partial charge on any atom is -0.212 e. The summed E-state index contributed by atoms with van der Waals surface area (Å²) in [5, 5.41) is 0. The number of hydrogen-bond donors (Lipinski definition) is 2. The molecule has 28 heavy (non-hydrogen) atoms. The van der Waals surface area contributed by atoms with Gasteiger partial charge >= 0.3 is 0 Å². The van der Waals surface area contributed by atoms with E-state index in [1.54, 1.807) is 0 Å². The summed E-state index contributed by atoms with van der Waals surface area (Å²) in [6.45, 7) is 9.03. The van der Waals surface area contributed by atoms with E-state index in [0.29, 0.717) is 11.5 Å². The van der Waals surface area contributed by atoms with Crippen LogP contribution in [0.25, 0.3) is 0 Å². The Morgan fingerprint density at radius 1 is 0.679 bits per heavy atom. The topological polar surface area (TPSA) is 92.3 Å². The van der Waals surface area contributed by atoms with Crippen LogP contribution in [0.15, 0.2) is 0 Å². The molecule has 4 bridgehead atoms. The van der Waals surface area contributed by atoms with Gasteiger partial charge in [0.2, 0.25) is 20.0 Å². The van der Waals surface area contributed by atoms with Crippen molar-refractivity contribution in [3.8, 4) is 0 Å². The first-order valence-electron chi connectivity index (χ1n) is 10.7. The number of nitrogens with one attached hydrogen (secondary N) is 2. The highest BCUT2D eigenvalue weighted by atomic mass is 32.2. The van der Waals surface area contributed by atoms with Crippen molar-refractivity contribution in [3.05, 3.63) is 0 Å². The van der Waals surface area contributed by atoms with E-state index in [-0.39, 0.29) is 33.7 Å². The minimum absolute atomic E-state index is 0.0521. The van der Waals surface area contributed by atoms with Crippen molar-refractivity contribution in [1.29, 1.82) is 0 Å². The fourth-order valence-corrected chi connectivity index (χ4v) is 12.8. The molecule has 2 heterocycles. The standard InChI is InChI=1S/2C10H17NO2S/c2*1-9(2)7-3-4-10(9)6-14(12,13)11-8(10)5-7/h2*7-8,11H,3-6H2,1-2H3/t2*7-,8-,10-/m10/s1. The first-order valence-corrected chi connectivity index (χ1v) is 14.1. The summed E-state index contributed by atoms with van der Waals surface area (Å²) in [6.07, 6.45) is 6.77. The predicted octanol–water partition coefficient (Wildman–Crippen LogP) is 2.23. The quantitative estimate of drug-likeness (QED) is 0.616. The normalized spacial score (nSPS) is 52.1. The largest absolute Gasteiger partial charge is 0.212 e. The molecule has 6 atom stereocenters. The Labute approximate surface area is 169 Å². The molecule has 4 aliphatic carbocycles. The van der Waals surface area contributed by atoms with Crippen LogP contribution in [-0.2, 0) is 20.0 Å². The van der Waals surface area contributed by atoms with E-state index in [4.69, 9.17) is 0 Å². The van der Waals surface area contributed by atoms with Gasteiger partial charge in [0.25, 0.3) is 0 Å². The van der Waals surface area contributed by atoms with Gasteiger partial charge < -0.3 is 0 Å². The first-order chi connectivity index (χ1) is 12.7. The fraction of sp³-hybridized carbons (Fsp3) is 1.00. The highest BCUT2D eigenvalue weighted by Gasteiger charge is 2.69. The zero-order valence-electron chi connectivity index (χ0n) is 17.4. The second-order valence-electron chi connectivity index (χ2n) is 11.6. The molecule has 2 N–H and O–H groups in total. The van der Waals surface area contributed by atoms with Crippen LogP contribution >= 0.6 is 0 Å². The second kappa shape index (κ2) is 5.35. The number of fused-ring (bicyclic) bond motifs is 2. The Hall–Kier alpha value is -0.180. The van der Waals surface area contributed by atoms with E-state index in [2.05, 4.69) is 37.1 Å². The zero-order chi connectivity index (χ0) is 20.4. The van der Waals surface area contributed by atoms with Gasteiger partial charge in [-0.3, -0.25) is 0 Å². The van der Waals surface area contributed by atoms with E-state index in [1.165, 1.54) is 12.8 Å². The van der Waals surface area contributed by atoms with Crippen molar-refractivity contribution in [2.45, 2.75) is 78.3 Å². The average Bonchev–Trinajstić information content (AvgIpc) is 3.24. The monoisotopic (exact) mass is 430 g/mol. The molecule has 6 rings (SSSR count). The lowest BCUT2D eigenvalue weighted by atomic mass is 9.69. The summed E-state index contributed by atoms with van der Waals surface area (Å²) < 4.78 is 52.1. The average molecular weight is 431 g/mol. The molecule has 0 unspecified atom stereocenters. The Balaban J connectivity index is 0.000000122. The van der Waals surface area contributed by atoms with Crippen LogP contribution in [-0.4, -0.2) is 40.4 Å². The second-order valence-corrected chi connectivity index (χ2v) is 15.1. The Morgan fingerprint density at radius 3 is 1.32 bits per heavy atom. The van der Waals surface area contributed by atoms with Crippen molar-refractivity contribution in [1.82, 2.24) is 9.44 Å². The van der Waals surface area contributed by atoms with Gasteiger partial charge in [-0.05, 0) is 61.2 Å². The smallest absolute Gasteiger partial charge is 0.212 e. The van der Waals surface area contributed by atoms with E-state index in [1.807, 2.05) is 0 Å². The molecule has 160 valence electrons.